The van der Waals surface area contributed by atoms with Crippen LogP contribution in [-0.2, 0) is 6.42 Å². The van der Waals surface area contributed by atoms with Gasteiger partial charge in [0.05, 0.1) is 0 Å². The van der Waals surface area contributed by atoms with Gasteiger partial charge in [-0.15, -0.1) is 0 Å². The molecule has 1 heterocycles. The SMILES string of the molecule is CCCNC(Cc1ccccc1F)C1CSCCS1. The van der Waals surface area contributed by atoms with Crippen LogP contribution in [0, 0.1) is 5.82 Å². The molecular weight excluding hydrogens is 277 g/mol. The Bertz CT molecular complexity index is 380. The minimum Gasteiger partial charge on any atom is -0.313 e. The molecule has 1 aliphatic heterocycles. The minimum absolute atomic E-state index is 0.0701. The highest BCUT2D eigenvalue weighted by Gasteiger charge is 2.25. The third-order valence-electron chi connectivity index (χ3n) is 3.34. The van der Waals surface area contributed by atoms with Crippen LogP contribution in [0.4, 0.5) is 4.39 Å². The Hall–Kier alpha value is -0.190. The predicted octanol–water partition coefficient (Wildman–Crippen LogP) is 3.59. The van der Waals surface area contributed by atoms with Crippen LogP contribution in [0.15, 0.2) is 24.3 Å². The average molecular weight is 299 g/mol. The van der Waals surface area contributed by atoms with Crippen molar-refractivity contribution in [3.8, 4) is 0 Å². The predicted molar refractivity (Wildman–Crippen MR) is 85.8 cm³/mol. The van der Waals surface area contributed by atoms with Crippen LogP contribution in [0.5, 0.6) is 0 Å². The van der Waals surface area contributed by atoms with E-state index in [1.54, 1.807) is 12.1 Å². The van der Waals surface area contributed by atoms with Gasteiger partial charge in [0.25, 0.3) is 0 Å². The number of rotatable bonds is 6. The first-order chi connectivity index (χ1) is 9.31. The highest BCUT2D eigenvalue weighted by molar-refractivity contribution is 8.06. The summed E-state index contributed by atoms with van der Waals surface area (Å²) in [6.45, 7) is 3.19. The first-order valence-electron chi connectivity index (χ1n) is 6.97. The molecule has 1 aromatic rings. The van der Waals surface area contributed by atoms with E-state index in [0.717, 1.165) is 24.9 Å². The smallest absolute Gasteiger partial charge is 0.126 e. The zero-order valence-corrected chi connectivity index (χ0v) is 13.0. The Morgan fingerprint density at radius 2 is 2.21 bits per heavy atom. The second-order valence-corrected chi connectivity index (χ2v) is 7.34. The maximum atomic E-state index is 13.8. The van der Waals surface area contributed by atoms with Crippen molar-refractivity contribution in [2.24, 2.45) is 0 Å². The lowest BCUT2D eigenvalue weighted by molar-refractivity contribution is 0.493. The van der Waals surface area contributed by atoms with Gasteiger partial charge in [0.2, 0.25) is 0 Å². The highest BCUT2D eigenvalue weighted by Crippen LogP contribution is 2.28. The Kier molecular flexibility index (Phi) is 6.54. The number of hydrogen-bond acceptors (Lipinski definition) is 3. The van der Waals surface area contributed by atoms with Crippen molar-refractivity contribution in [1.29, 1.82) is 0 Å². The molecule has 1 aliphatic rings. The Balaban J connectivity index is 2.02. The molecule has 0 spiro atoms. The normalized spacial score (nSPS) is 21.3. The van der Waals surface area contributed by atoms with Crippen LogP contribution in [0.2, 0.25) is 0 Å². The molecule has 0 radical (unpaired) electrons. The first kappa shape index (κ1) is 15.2. The molecule has 0 saturated carbocycles. The van der Waals surface area contributed by atoms with Crippen molar-refractivity contribution >= 4 is 23.5 Å². The van der Waals surface area contributed by atoms with Gasteiger partial charge in [-0.3, -0.25) is 0 Å². The van der Waals surface area contributed by atoms with Gasteiger partial charge in [0.15, 0.2) is 0 Å². The molecule has 2 unspecified atom stereocenters. The fourth-order valence-corrected chi connectivity index (χ4v) is 5.19. The highest BCUT2D eigenvalue weighted by atomic mass is 32.2. The second kappa shape index (κ2) is 8.18. The Labute approximate surface area is 124 Å². The van der Waals surface area contributed by atoms with E-state index < -0.39 is 0 Å². The molecule has 2 atom stereocenters. The summed E-state index contributed by atoms with van der Waals surface area (Å²) in [7, 11) is 0. The molecule has 1 aromatic carbocycles. The maximum absolute atomic E-state index is 13.8. The van der Waals surface area contributed by atoms with Gasteiger partial charge in [-0.05, 0) is 31.0 Å². The summed E-state index contributed by atoms with van der Waals surface area (Å²) in [6.07, 6.45) is 1.92. The number of hydrogen-bond donors (Lipinski definition) is 1. The van der Waals surface area contributed by atoms with E-state index in [1.807, 2.05) is 35.7 Å². The first-order valence-corrected chi connectivity index (χ1v) is 9.17. The van der Waals surface area contributed by atoms with Crippen LogP contribution < -0.4 is 5.32 Å². The number of nitrogens with one attached hydrogen (secondary N) is 1. The van der Waals surface area contributed by atoms with Gasteiger partial charge in [0.1, 0.15) is 5.82 Å². The molecule has 0 bridgehead atoms. The Morgan fingerprint density at radius 1 is 1.37 bits per heavy atom. The quantitative estimate of drug-likeness (QED) is 0.862. The van der Waals surface area contributed by atoms with Crippen LogP contribution in [0.1, 0.15) is 18.9 Å². The fraction of sp³-hybridized carbons (Fsp3) is 0.600. The molecular formula is C15H22FNS2. The fourth-order valence-electron chi connectivity index (χ4n) is 2.30. The lowest BCUT2D eigenvalue weighted by atomic mass is 10.0. The molecule has 0 aliphatic carbocycles. The van der Waals surface area contributed by atoms with Crippen LogP contribution in [-0.4, -0.2) is 35.1 Å². The molecule has 1 N–H and O–H groups in total. The minimum atomic E-state index is -0.0701. The Morgan fingerprint density at radius 3 is 2.89 bits per heavy atom. The molecule has 106 valence electrons. The van der Waals surface area contributed by atoms with Crippen molar-refractivity contribution in [3.63, 3.8) is 0 Å². The van der Waals surface area contributed by atoms with Crippen LogP contribution in [0.25, 0.3) is 0 Å². The number of benzene rings is 1. The lowest BCUT2D eigenvalue weighted by Gasteiger charge is -2.30. The summed E-state index contributed by atoms with van der Waals surface area (Å²) in [6, 6.07) is 7.55. The molecule has 1 saturated heterocycles. The number of halogens is 1. The van der Waals surface area contributed by atoms with Crippen molar-refractivity contribution < 1.29 is 4.39 Å². The van der Waals surface area contributed by atoms with E-state index in [1.165, 1.54) is 17.3 Å². The van der Waals surface area contributed by atoms with Crippen molar-refractivity contribution in [1.82, 2.24) is 5.32 Å². The molecule has 19 heavy (non-hydrogen) atoms. The molecule has 1 fully saturated rings. The molecule has 0 amide bonds. The summed E-state index contributed by atoms with van der Waals surface area (Å²) < 4.78 is 13.8. The second-order valence-electron chi connectivity index (χ2n) is 4.84. The van der Waals surface area contributed by atoms with E-state index in [2.05, 4.69) is 12.2 Å². The van der Waals surface area contributed by atoms with Gasteiger partial charge in [-0.25, -0.2) is 4.39 Å². The van der Waals surface area contributed by atoms with Crippen molar-refractivity contribution in [2.75, 3.05) is 23.8 Å². The van der Waals surface area contributed by atoms with Gasteiger partial charge in [-0.2, -0.15) is 23.5 Å². The lowest BCUT2D eigenvalue weighted by Crippen LogP contribution is -2.43. The topological polar surface area (TPSA) is 12.0 Å². The molecule has 2 rings (SSSR count). The molecule has 4 heteroatoms. The summed E-state index contributed by atoms with van der Waals surface area (Å²) >= 11 is 4.07. The summed E-state index contributed by atoms with van der Waals surface area (Å²) in [4.78, 5) is 0. The van der Waals surface area contributed by atoms with Gasteiger partial charge in [-0.1, -0.05) is 25.1 Å². The van der Waals surface area contributed by atoms with E-state index in [0.29, 0.717) is 11.3 Å². The van der Waals surface area contributed by atoms with Crippen molar-refractivity contribution in [3.05, 3.63) is 35.6 Å². The number of thioether (sulfide) groups is 2. The van der Waals surface area contributed by atoms with Gasteiger partial charge < -0.3 is 5.32 Å². The summed E-state index contributed by atoms with van der Waals surface area (Å²) in [5.41, 5.74) is 0.840. The standard InChI is InChI=1S/C15H22FNS2/c1-2-7-17-14(15-11-18-8-9-19-15)10-12-5-3-4-6-13(12)16/h3-6,14-15,17H,2,7-11H2,1H3. The summed E-state index contributed by atoms with van der Waals surface area (Å²) in [5, 5.41) is 4.22. The van der Waals surface area contributed by atoms with Crippen LogP contribution in [0.3, 0.4) is 0 Å². The monoisotopic (exact) mass is 299 g/mol. The zero-order valence-electron chi connectivity index (χ0n) is 11.4. The third-order valence-corrected chi connectivity index (χ3v) is 6.26. The van der Waals surface area contributed by atoms with Gasteiger partial charge in [0, 0.05) is 28.6 Å². The van der Waals surface area contributed by atoms with E-state index in [9.17, 15) is 4.39 Å². The average Bonchev–Trinajstić information content (AvgIpc) is 2.46. The zero-order chi connectivity index (χ0) is 13.5. The van der Waals surface area contributed by atoms with E-state index in [4.69, 9.17) is 0 Å². The summed E-state index contributed by atoms with van der Waals surface area (Å²) in [5.74, 6) is 3.58. The molecule has 0 aromatic heterocycles. The van der Waals surface area contributed by atoms with Gasteiger partial charge >= 0.3 is 0 Å². The maximum Gasteiger partial charge on any atom is 0.126 e. The molecule has 1 nitrogen and oxygen atoms in total. The van der Waals surface area contributed by atoms with E-state index in [-0.39, 0.29) is 5.82 Å². The third kappa shape index (κ3) is 4.69. The largest absolute Gasteiger partial charge is 0.313 e. The van der Waals surface area contributed by atoms with Crippen molar-refractivity contribution in [2.45, 2.75) is 31.1 Å². The van der Waals surface area contributed by atoms with Crippen LogP contribution >= 0.6 is 23.5 Å². The van der Waals surface area contributed by atoms with E-state index >= 15 is 0 Å².